The summed E-state index contributed by atoms with van der Waals surface area (Å²) in [6, 6.07) is 0. The summed E-state index contributed by atoms with van der Waals surface area (Å²) < 4.78 is 0. The first-order valence-electron chi connectivity index (χ1n) is 7.21. The second-order valence-electron chi connectivity index (χ2n) is 5.76. The predicted molar refractivity (Wildman–Crippen MR) is 81.5 cm³/mol. The number of aromatic amines is 1. The van der Waals surface area contributed by atoms with E-state index in [-0.39, 0.29) is 11.8 Å². The topological polar surface area (TPSA) is 83.6 Å². The van der Waals surface area contributed by atoms with Gasteiger partial charge >= 0.3 is 0 Å². The van der Waals surface area contributed by atoms with Crippen molar-refractivity contribution in [2.24, 2.45) is 5.92 Å². The molecule has 2 heterocycles. The number of aromatic nitrogens is 4. The van der Waals surface area contributed by atoms with Crippen molar-refractivity contribution in [1.82, 2.24) is 20.2 Å². The first kappa shape index (κ1) is 14.2. The van der Waals surface area contributed by atoms with E-state index in [9.17, 15) is 4.79 Å². The van der Waals surface area contributed by atoms with Crippen molar-refractivity contribution >= 4 is 22.4 Å². The predicted octanol–water partition coefficient (Wildman–Crippen LogP) is 2.44. The largest absolute Gasteiger partial charge is 0.345 e. The summed E-state index contributed by atoms with van der Waals surface area (Å²) in [5.74, 6) is 1.40. The van der Waals surface area contributed by atoms with Gasteiger partial charge in [0.2, 0.25) is 11.0 Å². The molecule has 6 nitrogen and oxygen atoms in total. The Bertz CT molecular complexity index is 660. The van der Waals surface area contributed by atoms with Crippen LogP contribution in [0.25, 0.3) is 0 Å². The zero-order chi connectivity index (χ0) is 15.0. The maximum Gasteiger partial charge on any atom is 0.229 e. The van der Waals surface area contributed by atoms with E-state index in [4.69, 9.17) is 0 Å². The van der Waals surface area contributed by atoms with Crippen LogP contribution < -0.4 is 5.32 Å². The molecule has 1 aliphatic rings. The van der Waals surface area contributed by atoms with Gasteiger partial charge in [-0.15, -0.1) is 10.2 Å². The van der Waals surface area contributed by atoms with Gasteiger partial charge in [-0.05, 0) is 19.8 Å². The van der Waals surface area contributed by atoms with Crippen molar-refractivity contribution in [3.8, 4) is 0 Å². The van der Waals surface area contributed by atoms with Crippen molar-refractivity contribution in [3.63, 3.8) is 0 Å². The Hall–Kier alpha value is -1.76. The fourth-order valence-electron chi connectivity index (χ4n) is 2.55. The van der Waals surface area contributed by atoms with Gasteiger partial charge in [0.25, 0.3) is 0 Å². The number of amides is 1. The number of carbonyl (C=O) groups is 1. The molecule has 112 valence electrons. The zero-order valence-corrected chi connectivity index (χ0v) is 13.3. The number of rotatable bonds is 3. The minimum absolute atomic E-state index is 0.0255. The van der Waals surface area contributed by atoms with Gasteiger partial charge in [-0.1, -0.05) is 25.2 Å². The summed E-state index contributed by atoms with van der Waals surface area (Å²) in [7, 11) is 0. The lowest BCUT2D eigenvalue weighted by Gasteiger charge is -2.19. The van der Waals surface area contributed by atoms with Crippen LogP contribution in [0.4, 0.5) is 5.13 Å². The van der Waals surface area contributed by atoms with E-state index in [1.807, 2.05) is 6.92 Å². The molecule has 2 N–H and O–H groups in total. The summed E-state index contributed by atoms with van der Waals surface area (Å²) in [5.41, 5.74) is 2.23. The van der Waals surface area contributed by atoms with E-state index >= 15 is 0 Å². The molecule has 0 saturated carbocycles. The Morgan fingerprint density at radius 3 is 2.90 bits per heavy atom. The number of nitrogens with zero attached hydrogens (tertiary/aromatic N) is 3. The average Bonchev–Trinajstić information content (AvgIpc) is 3.03. The normalized spacial score (nSPS) is 17.8. The molecule has 1 amide bonds. The molecule has 0 saturated heterocycles. The molecule has 0 spiro atoms. The molecule has 0 fully saturated rings. The van der Waals surface area contributed by atoms with Crippen LogP contribution >= 0.6 is 11.3 Å². The number of anilines is 1. The number of nitrogens with one attached hydrogen (secondary N) is 2. The smallest absolute Gasteiger partial charge is 0.229 e. The molecule has 21 heavy (non-hydrogen) atoms. The highest BCUT2D eigenvalue weighted by atomic mass is 32.1. The highest BCUT2D eigenvalue weighted by Crippen LogP contribution is 2.27. The summed E-state index contributed by atoms with van der Waals surface area (Å²) in [6.45, 7) is 6.11. The van der Waals surface area contributed by atoms with E-state index in [0.717, 1.165) is 41.5 Å². The van der Waals surface area contributed by atoms with Crippen LogP contribution in [-0.4, -0.2) is 26.1 Å². The number of hydrogen-bond donors (Lipinski definition) is 2. The summed E-state index contributed by atoms with van der Waals surface area (Å²) in [6.07, 6.45) is 2.41. The minimum Gasteiger partial charge on any atom is -0.345 e. The lowest BCUT2D eigenvalue weighted by atomic mass is 9.89. The first-order chi connectivity index (χ1) is 10.0. The molecule has 0 aliphatic heterocycles. The van der Waals surface area contributed by atoms with Gasteiger partial charge in [-0.2, -0.15) is 0 Å². The number of aryl methyl sites for hydroxylation is 2. The first-order valence-corrected chi connectivity index (χ1v) is 8.03. The second kappa shape index (κ2) is 5.55. The third-order valence-electron chi connectivity index (χ3n) is 3.74. The highest BCUT2D eigenvalue weighted by molar-refractivity contribution is 7.15. The highest BCUT2D eigenvalue weighted by Gasteiger charge is 2.28. The third kappa shape index (κ3) is 2.97. The number of carbonyl (C=O) groups excluding carboxylic acids is 1. The minimum atomic E-state index is -0.0258. The summed E-state index contributed by atoms with van der Waals surface area (Å²) in [4.78, 5) is 20.3. The molecule has 0 radical (unpaired) electrons. The monoisotopic (exact) mass is 305 g/mol. The molecule has 0 unspecified atom stereocenters. The molecule has 7 heteroatoms. The van der Waals surface area contributed by atoms with E-state index in [0.29, 0.717) is 11.0 Å². The van der Waals surface area contributed by atoms with Gasteiger partial charge in [0.1, 0.15) is 10.8 Å². The van der Waals surface area contributed by atoms with Crippen molar-refractivity contribution in [2.45, 2.75) is 46.0 Å². The molecule has 0 aromatic carbocycles. The SMILES string of the molecule is Cc1nnc(NC(=O)[C@H]2CCc3nc(C(C)C)[nH]c3C2)s1. The van der Waals surface area contributed by atoms with Crippen molar-refractivity contribution in [3.05, 3.63) is 22.2 Å². The maximum absolute atomic E-state index is 12.3. The standard InChI is InChI=1S/C14H19N5OS/c1-7(2)12-15-10-5-4-9(6-11(10)16-12)13(20)17-14-19-18-8(3)21-14/h7,9H,4-6H2,1-3H3,(H,15,16)(H,17,19,20)/t9-/m0/s1. The van der Waals surface area contributed by atoms with Crippen LogP contribution in [0.2, 0.25) is 0 Å². The molecule has 2 aromatic heterocycles. The third-order valence-corrected chi connectivity index (χ3v) is 4.49. The molecular weight excluding hydrogens is 286 g/mol. The van der Waals surface area contributed by atoms with Gasteiger partial charge in [-0.25, -0.2) is 4.98 Å². The Labute approximate surface area is 127 Å². The van der Waals surface area contributed by atoms with Crippen molar-refractivity contribution in [2.75, 3.05) is 5.32 Å². The molecular formula is C14H19N5OS. The van der Waals surface area contributed by atoms with Crippen molar-refractivity contribution < 1.29 is 4.79 Å². The van der Waals surface area contributed by atoms with Crippen LogP contribution in [0.5, 0.6) is 0 Å². The molecule has 0 bridgehead atoms. The van der Waals surface area contributed by atoms with Crippen LogP contribution in [0, 0.1) is 12.8 Å². The molecule has 1 atom stereocenters. The lowest BCUT2D eigenvalue weighted by Crippen LogP contribution is -2.28. The van der Waals surface area contributed by atoms with Crippen LogP contribution in [0.1, 0.15) is 48.4 Å². The summed E-state index contributed by atoms with van der Waals surface area (Å²) in [5, 5.41) is 12.1. The number of H-pyrrole nitrogens is 1. The maximum atomic E-state index is 12.3. The second-order valence-corrected chi connectivity index (χ2v) is 6.94. The van der Waals surface area contributed by atoms with Crippen LogP contribution in [-0.2, 0) is 17.6 Å². The fourth-order valence-corrected chi connectivity index (χ4v) is 3.15. The van der Waals surface area contributed by atoms with Crippen LogP contribution in [0.3, 0.4) is 0 Å². The van der Waals surface area contributed by atoms with E-state index in [2.05, 4.69) is 39.3 Å². The van der Waals surface area contributed by atoms with Gasteiger partial charge in [0.15, 0.2) is 0 Å². The Kier molecular flexibility index (Phi) is 3.75. The zero-order valence-electron chi connectivity index (χ0n) is 12.4. The summed E-state index contributed by atoms with van der Waals surface area (Å²) >= 11 is 1.40. The van der Waals surface area contributed by atoms with Crippen LogP contribution in [0.15, 0.2) is 0 Å². The number of hydrogen-bond acceptors (Lipinski definition) is 5. The average molecular weight is 305 g/mol. The molecule has 3 rings (SSSR count). The van der Waals surface area contributed by atoms with Crippen molar-refractivity contribution in [1.29, 1.82) is 0 Å². The van der Waals surface area contributed by atoms with E-state index in [1.54, 1.807) is 0 Å². The quantitative estimate of drug-likeness (QED) is 0.912. The van der Waals surface area contributed by atoms with Gasteiger partial charge < -0.3 is 10.3 Å². The Morgan fingerprint density at radius 2 is 2.24 bits per heavy atom. The molecule has 2 aromatic rings. The Balaban J connectivity index is 1.69. The Morgan fingerprint density at radius 1 is 1.43 bits per heavy atom. The fraction of sp³-hybridized carbons (Fsp3) is 0.571. The number of fused-ring (bicyclic) bond motifs is 1. The van der Waals surface area contributed by atoms with E-state index < -0.39 is 0 Å². The number of imidazole rings is 1. The van der Waals surface area contributed by atoms with E-state index in [1.165, 1.54) is 11.3 Å². The van der Waals surface area contributed by atoms with Gasteiger partial charge in [0, 0.05) is 24.0 Å². The van der Waals surface area contributed by atoms with Gasteiger partial charge in [0.05, 0.1) is 5.69 Å². The lowest BCUT2D eigenvalue weighted by molar-refractivity contribution is -0.120. The van der Waals surface area contributed by atoms with Gasteiger partial charge in [-0.3, -0.25) is 4.79 Å². The molecule has 1 aliphatic carbocycles.